The molecule has 54 valence electrons. The minimum absolute atomic E-state index is 0. The molecule has 0 aliphatic rings. The lowest BCUT2D eigenvalue weighted by Gasteiger charge is -1.88. The number of carbonyl (C=O) groups is 1. The van der Waals surface area contributed by atoms with Gasteiger partial charge in [-0.15, -0.1) is 24.0 Å². The molecule has 0 heterocycles. The fraction of sp³-hybridized carbons (Fsp3) is 0. The molecule has 1 aromatic rings. The molecule has 0 unspecified atom stereocenters. The average molecular weight is 250 g/mol. The Kier molecular flexibility index (Phi) is 4.02. The van der Waals surface area contributed by atoms with Gasteiger partial charge in [0.25, 0.3) is 0 Å². The first-order valence-electron chi connectivity index (χ1n) is 2.59. The van der Waals surface area contributed by atoms with Crippen LogP contribution in [0.3, 0.4) is 0 Å². The standard InChI is InChI=1S/C7H6O2.HI/c8-7(9)6-4-2-1-3-5-6;/h1-5H,(H,8,9);1H. The van der Waals surface area contributed by atoms with Gasteiger partial charge in [-0.3, -0.25) is 0 Å². The Hall–Kier alpha value is -0.580. The highest BCUT2D eigenvalue weighted by molar-refractivity contribution is 14.0. The molecule has 0 atom stereocenters. The number of benzene rings is 1. The summed E-state index contributed by atoms with van der Waals surface area (Å²) in [5.41, 5.74) is 0.331. The van der Waals surface area contributed by atoms with Crippen LogP contribution in [0, 0.1) is 0 Å². The van der Waals surface area contributed by atoms with Gasteiger partial charge in [-0.25, -0.2) is 4.79 Å². The van der Waals surface area contributed by atoms with Crippen molar-refractivity contribution in [1.82, 2.24) is 0 Å². The molecule has 0 aliphatic carbocycles. The second kappa shape index (κ2) is 4.27. The molecule has 0 saturated carbocycles. The van der Waals surface area contributed by atoms with Gasteiger partial charge in [0.05, 0.1) is 5.56 Å². The van der Waals surface area contributed by atoms with Gasteiger partial charge in [-0.1, -0.05) is 18.2 Å². The zero-order valence-electron chi connectivity index (χ0n) is 5.15. The summed E-state index contributed by atoms with van der Waals surface area (Å²) in [6, 6.07) is 8.30. The predicted molar refractivity (Wildman–Crippen MR) is 48.8 cm³/mol. The first-order valence-corrected chi connectivity index (χ1v) is 2.59. The molecule has 0 spiro atoms. The number of halogens is 1. The van der Waals surface area contributed by atoms with E-state index in [0.717, 1.165) is 0 Å². The predicted octanol–water partition coefficient (Wildman–Crippen LogP) is 2.00. The second-order valence-electron chi connectivity index (χ2n) is 1.67. The van der Waals surface area contributed by atoms with Crippen LogP contribution in [0.15, 0.2) is 30.3 Å². The second-order valence-corrected chi connectivity index (χ2v) is 1.67. The van der Waals surface area contributed by atoms with E-state index in [9.17, 15) is 4.79 Å². The molecule has 10 heavy (non-hydrogen) atoms. The van der Waals surface area contributed by atoms with Gasteiger partial charge in [0.2, 0.25) is 0 Å². The van der Waals surface area contributed by atoms with E-state index in [0.29, 0.717) is 5.56 Å². The summed E-state index contributed by atoms with van der Waals surface area (Å²) >= 11 is 0. The van der Waals surface area contributed by atoms with Crippen LogP contribution in [0.1, 0.15) is 10.4 Å². The van der Waals surface area contributed by atoms with Crippen molar-refractivity contribution in [3.63, 3.8) is 0 Å². The van der Waals surface area contributed by atoms with Gasteiger partial charge in [-0.2, -0.15) is 0 Å². The Labute approximate surface area is 75.9 Å². The lowest BCUT2D eigenvalue weighted by atomic mass is 10.2. The number of hydrogen-bond donors (Lipinski definition) is 1. The molecule has 0 bridgehead atoms. The van der Waals surface area contributed by atoms with Crippen LogP contribution in [0.25, 0.3) is 0 Å². The first kappa shape index (κ1) is 9.42. The molecular weight excluding hydrogens is 243 g/mol. The Bertz CT molecular complexity index is 208. The quantitative estimate of drug-likeness (QED) is 0.774. The van der Waals surface area contributed by atoms with Crippen molar-refractivity contribution in [2.24, 2.45) is 0 Å². The molecule has 0 aliphatic heterocycles. The van der Waals surface area contributed by atoms with Crippen LogP contribution in [0.5, 0.6) is 0 Å². The topological polar surface area (TPSA) is 37.3 Å². The molecule has 0 saturated heterocycles. The van der Waals surface area contributed by atoms with E-state index in [1.165, 1.54) is 0 Å². The summed E-state index contributed by atoms with van der Waals surface area (Å²) in [5, 5.41) is 8.38. The minimum atomic E-state index is -0.879. The van der Waals surface area contributed by atoms with Crippen LogP contribution in [-0.4, -0.2) is 11.1 Å². The highest BCUT2D eigenvalue weighted by atomic mass is 127. The monoisotopic (exact) mass is 250 g/mol. The maximum Gasteiger partial charge on any atom is 0.335 e. The minimum Gasteiger partial charge on any atom is -0.478 e. The maximum absolute atomic E-state index is 10.2. The fourth-order valence-electron chi connectivity index (χ4n) is 0.581. The molecular formula is C7H7IO2. The summed E-state index contributed by atoms with van der Waals surface area (Å²) in [4.78, 5) is 10.2. The third-order valence-electron chi connectivity index (χ3n) is 1.02. The van der Waals surface area contributed by atoms with Gasteiger partial charge < -0.3 is 5.11 Å². The van der Waals surface area contributed by atoms with Crippen molar-refractivity contribution in [1.29, 1.82) is 0 Å². The number of hydrogen-bond acceptors (Lipinski definition) is 1. The van der Waals surface area contributed by atoms with Gasteiger partial charge in [0, 0.05) is 0 Å². The summed E-state index contributed by atoms with van der Waals surface area (Å²) in [6.45, 7) is 0. The van der Waals surface area contributed by atoms with Gasteiger partial charge in [0.15, 0.2) is 0 Å². The lowest BCUT2D eigenvalue weighted by Crippen LogP contribution is -1.93. The van der Waals surface area contributed by atoms with E-state index in [4.69, 9.17) is 5.11 Å². The van der Waals surface area contributed by atoms with Crippen LogP contribution in [0.4, 0.5) is 0 Å². The highest BCUT2D eigenvalue weighted by Crippen LogP contribution is 1.96. The Morgan fingerprint density at radius 1 is 1.20 bits per heavy atom. The van der Waals surface area contributed by atoms with Crippen LogP contribution in [-0.2, 0) is 0 Å². The van der Waals surface area contributed by atoms with E-state index in [1.807, 2.05) is 0 Å². The summed E-state index contributed by atoms with van der Waals surface area (Å²) in [7, 11) is 0. The zero-order chi connectivity index (χ0) is 6.69. The summed E-state index contributed by atoms with van der Waals surface area (Å²) < 4.78 is 0. The molecule has 1 aromatic carbocycles. The van der Waals surface area contributed by atoms with Gasteiger partial charge in [-0.05, 0) is 12.1 Å². The third-order valence-corrected chi connectivity index (χ3v) is 1.02. The van der Waals surface area contributed by atoms with Crippen molar-refractivity contribution in [2.45, 2.75) is 0 Å². The van der Waals surface area contributed by atoms with Gasteiger partial charge in [0.1, 0.15) is 0 Å². The molecule has 0 amide bonds. The number of carboxylic acid groups (broad SMARTS) is 1. The van der Waals surface area contributed by atoms with E-state index in [2.05, 4.69) is 0 Å². The van der Waals surface area contributed by atoms with Crippen molar-refractivity contribution in [3.8, 4) is 0 Å². The SMILES string of the molecule is I.O=C(O)c1ccccc1. The highest BCUT2D eigenvalue weighted by Gasteiger charge is 1.96. The molecule has 1 rings (SSSR count). The van der Waals surface area contributed by atoms with Crippen molar-refractivity contribution >= 4 is 29.9 Å². The largest absolute Gasteiger partial charge is 0.478 e. The Morgan fingerprint density at radius 2 is 1.70 bits per heavy atom. The Balaban J connectivity index is 0.000000810. The molecule has 2 nitrogen and oxygen atoms in total. The molecule has 3 heteroatoms. The number of aromatic carboxylic acids is 1. The van der Waals surface area contributed by atoms with Crippen LogP contribution >= 0.6 is 24.0 Å². The summed E-state index contributed by atoms with van der Waals surface area (Å²) in [5.74, 6) is -0.879. The zero-order valence-corrected chi connectivity index (χ0v) is 7.48. The molecule has 0 aromatic heterocycles. The molecule has 0 radical (unpaired) electrons. The number of carboxylic acids is 1. The first-order chi connectivity index (χ1) is 4.30. The lowest BCUT2D eigenvalue weighted by molar-refractivity contribution is 0.0697. The fourth-order valence-corrected chi connectivity index (χ4v) is 0.581. The third kappa shape index (κ3) is 2.34. The summed E-state index contributed by atoms with van der Waals surface area (Å²) in [6.07, 6.45) is 0. The van der Waals surface area contributed by atoms with E-state index in [1.54, 1.807) is 30.3 Å². The van der Waals surface area contributed by atoms with Crippen LogP contribution in [0.2, 0.25) is 0 Å². The molecule has 1 N–H and O–H groups in total. The van der Waals surface area contributed by atoms with E-state index >= 15 is 0 Å². The average Bonchev–Trinajstić information content (AvgIpc) is 1.90. The smallest absolute Gasteiger partial charge is 0.335 e. The van der Waals surface area contributed by atoms with Crippen LogP contribution < -0.4 is 0 Å². The van der Waals surface area contributed by atoms with Crippen molar-refractivity contribution < 1.29 is 9.90 Å². The normalized spacial score (nSPS) is 8.00. The number of rotatable bonds is 1. The maximum atomic E-state index is 10.2. The van der Waals surface area contributed by atoms with E-state index in [-0.39, 0.29) is 24.0 Å². The Morgan fingerprint density at radius 3 is 2.00 bits per heavy atom. The van der Waals surface area contributed by atoms with Crippen molar-refractivity contribution in [2.75, 3.05) is 0 Å². The van der Waals surface area contributed by atoms with Crippen molar-refractivity contribution in [3.05, 3.63) is 35.9 Å². The van der Waals surface area contributed by atoms with Gasteiger partial charge >= 0.3 is 5.97 Å². The molecule has 0 fully saturated rings. The van der Waals surface area contributed by atoms with E-state index < -0.39 is 5.97 Å².